The Morgan fingerprint density at radius 3 is 2.25 bits per heavy atom. The molecular weight excluding hydrogens is 440 g/mol. The van der Waals surface area contributed by atoms with Crippen LogP contribution < -0.4 is 0 Å². The first-order chi connectivity index (χ1) is 14.9. The number of nitrogens with zero attached hydrogens (tertiary/aromatic N) is 2. The van der Waals surface area contributed by atoms with Crippen LogP contribution >= 0.6 is 22.9 Å². The van der Waals surface area contributed by atoms with Gasteiger partial charge in [-0.25, -0.2) is 9.78 Å². The Kier molecular flexibility index (Phi) is 6.36. The van der Waals surface area contributed by atoms with E-state index in [-0.39, 0.29) is 11.5 Å². The molecule has 174 valence electrons. The van der Waals surface area contributed by atoms with Crippen LogP contribution in [0, 0.1) is 0 Å². The standard InChI is InChI=1S/C26H35ClN2O2S/c1-25(2,3)20-14-18(16-7-8-16)13-19(15-20)21-22(27)32-23(28-21)17-9-11-29(12-10-17)24(30)31-26(4,5)6/h13-17H,7-12H2,1-6H3. The number of aromatic nitrogens is 1. The lowest BCUT2D eigenvalue weighted by Crippen LogP contribution is -2.41. The van der Waals surface area contributed by atoms with E-state index in [4.69, 9.17) is 21.3 Å². The smallest absolute Gasteiger partial charge is 0.410 e. The first-order valence-corrected chi connectivity index (χ1v) is 12.9. The van der Waals surface area contributed by atoms with Crippen molar-refractivity contribution < 1.29 is 9.53 Å². The van der Waals surface area contributed by atoms with Gasteiger partial charge in [-0.05, 0) is 81.0 Å². The van der Waals surface area contributed by atoms with E-state index >= 15 is 0 Å². The summed E-state index contributed by atoms with van der Waals surface area (Å²) in [6.07, 6.45) is 4.11. The number of thiazole rings is 1. The van der Waals surface area contributed by atoms with E-state index in [1.807, 2.05) is 25.7 Å². The van der Waals surface area contributed by atoms with Crippen molar-refractivity contribution in [1.29, 1.82) is 0 Å². The van der Waals surface area contributed by atoms with Crippen molar-refractivity contribution in [2.24, 2.45) is 0 Å². The minimum atomic E-state index is -0.466. The average Bonchev–Trinajstić information content (AvgIpc) is 3.48. The molecule has 1 aromatic carbocycles. The predicted molar refractivity (Wildman–Crippen MR) is 133 cm³/mol. The van der Waals surface area contributed by atoms with E-state index in [0.717, 1.165) is 33.4 Å². The summed E-state index contributed by atoms with van der Waals surface area (Å²) < 4.78 is 6.29. The van der Waals surface area contributed by atoms with Crippen molar-refractivity contribution in [3.8, 4) is 11.3 Å². The van der Waals surface area contributed by atoms with E-state index in [9.17, 15) is 4.79 Å². The Morgan fingerprint density at radius 1 is 1.03 bits per heavy atom. The lowest BCUT2D eigenvalue weighted by atomic mass is 9.84. The highest BCUT2D eigenvalue weighted by Crippen LogP contribution is 2.45. The quantitative estimate of drug-likeness (QED) is 0.456. The van der Waals surface area contributed by atoms with Gasteiger partial charge in [0.1, 0.15) is 15.6 Å². The fraction of sp³-hybridized carbons (Fsp3) is 0.615. The molecule has 2 aliphatic rings. The van der Waals surface area contributed by atoms with E-state index in [0.29, 0.717) is 24.9 Å². The van der Waals surface area contributed by atoms with Gasteiger partial charge in [0.15, 0.2) is 0 Å². The van der Waals surface area contributed by atoms with Crippen molar-refractivity contribution in [3.63, 3.8) is 0 Å². The number of carbonyl (C=O) groups is 1. The van der Waals surface area contributed by atoms with Crippen molar-refractivity contribution in [1.82, 2.24) is 9.88 Å². The molecule has 0 N–H and O–H groups in total. The molecule has 2 fully saturated rings. The fourth-order valence-electron chi connectivity index (χ4n) is 4.18. The lowest BCUT2D eigenvalue weighted by molar-refractivity contribution is 0.0205. The molecule has 2 heterocycles. The highest BCUT2D eigenvalue weighted by molar-refractivity contribution is 7.16. The predicted octanol–water partition coefficient (Wildman–Crippen LogP) is 7.75. The van der Waals surface area contributed by atoms with Crippen LogP contribution in [-0.2, 0) is 10.2 Å². The first kappa shape index (κ1) is 23.6. The second-order valence-corrected chi connectivity index (χ2v) is 12.9. The fourth-order valence-corrected chi connectivity index (χ4v) is 5.55. The van der Waals surface area contributed by atoms with Gasteiger partial charge in [-0.1, -0.05) is 38.4 Å². The van der Waals surface area contributed by atoms with E-state index in [2.05, 4.69) is 39.0 Å². The molecule has 1 aliphatic carbocycles. The molecule has 6 heteroatoms. The first-order valence-electron chi connectivity index (χ1n) is 11.7. The van der Waals surface area contributed by atoms with Gasteiger partial charge in [-0.2, -0.15) is 0 Å². The molecule has 1 aliphatic heterocycles. The average molecular weight is 475 g/mol. The van der Waals surface area contributed by atoms with Crippen molar-refractivity contribution >= 4 is 29.0 Å². The minimum absolute atomic E-state index is 0.0828. The number of benzene rings is 1. The van der Waals surface area contributed by atoms with E-state index in [1.165, 1.54) is 24.0 Å². The number of hydrogen-bond donors (Lipinski definition) is 0. The van der Waals surface area contributed by atoms with Gasteiger partial charge in [0.25, 0.3) is 0 Å². The van der Waals surface area contributed by atoms with Gasteiger partial charge < -0.3 is 9.64 Å². The summed E-state index contributed by atoms with van der Waals surface area (Å²) in [5.74, 6) is 1.02. The number of rotatable bonds is 3. The third-order valence-corrected chi connectivity index (χ3v) is 7.66. The Morgan fingerprint density at radius 2 is 1.69 bits per heavy atom. The zero-order valence-electron chi connectivity index (χ0n) is 20.1. The van der Waals surface area contributed by atoms with Crippen molar-refractivity contribution in [2.75, 3.05) is 13.1 Å². The Hall–Kier alpha value is -1.59. The molecule has 1 saturated carbocycles. The molecule has 0 bridgehead atoms. The number of piperidine rings is 1. The Balaban J connectivity index is 1.52. The van der Waals surface area contributed by atoms with Crippen LogP contribution in [0.4, 0.5) is 4.79 Å². The van der Waals surface area contributed by atoms with Gasteiger partial charge in [0, 0.05) is 24.6 Å². The summed E-state index contributed by atoms with van der Waals surface area (Å²) in [6, 6.07) is 6.93. The van der Waals surface area contributed by atoms with E-state index < -0.39 is 5.60 Å². The summed E-state index contributed by atoms with van der Waals surface area (Å²) in [5.41, 5.74) is 4.43. The summed E-state index contributed by atoms with van der Waals surface area (Å²) in [4.78, 5) is 19.2. The van der Waals surface area contributed by atoms with Crippen molar-refractivity contribution in [2.45, 2.75) is 90.1 Å². The van der Waals surface area contributed by atoms with Gasteiger partial charge in [-0.3, -0.25) is 0 Å². The zero-order valence-corrected chi connectivity index (χ0v) is 21.7. The molecule has 32 heavy (non-hydrogen) atoms. The maximum Gasteiger partial charge on any atom is 0.410 e. The molecule has 0 atom stereocenters. The van der Waals surface area contributed by atoms with Crippen LogP contribution in [-0.4, -0.2) is 34.7 Å². The second kappa shape index (κ2) is 8.64. The Labute approximate surface area is 201 Å². The number of carbonyl (C=O) groups excluding carboxylic acids is 1. The molecule has 0 radical (unpaired) electrons. The van der Waals surface area contributed by atoms with Gasteiger partial charge >= 0.3 is 6.09 Å². The molecule has 1 saturated heterocycles. The number of amides is 1. The summed E-state index contributed by atoms with van der Waals surface area (Å²) >= 11 is 8.33. The largest absolute Gasteiger partial charge is 0.444 e. The summed E-state index contributed by atoms with van der Waals surface area (Å²) in [6.45, 7) is 13.9. The molecule has 4 rings (SSSR count). The molecule has 4 nitrogen and oxygen atoms in total. The minimum Gasteiger partial charge on any atom is -0.444 e. The van der Waals surface area contributed by atoms with Crippen LogP contribution in [0.3, 0.4) is 0 Å². The van der Waals surface area contributed by atoms with Gasteiger partial charge in [-0.15, -0.1) is 11.3 Å². The third kappa shape index (κ3) is 5.48. The van der Waals surface area contributed by atoms with Crippen LogP contribution in [0.1, 0.15) is 95.2 Å². The molecule has 1 aromatic heterocycles. The zero-order chi connectivity index (χ0) is 23.3. The van der Waals surface area contributed by atoms with Crippen LogP contribution in [0.25, 0.3) is 11.3 Å². The van der Waals surface area contributed by atoms with E-state index in [1.54, 1.807) is 11.3 Å². The number of halogens is 1. The third-order valence-electron chi connectivity index (χ3n) is 6.24. The topological polar surface area (TPSA) is 42.4 Å². The summed E-state index contributed by atoms with van der Waals surface area (Å²) in [7, 11) is 0. The van der Waals surface area contributed by atoms with Crippen LogP contribution in [0.2, 0.25) is 4.34 Å². The highest BCUT2D eigenvalue weighted by Gasteiger charge is 2.30. The molecule has 0 unspecified atom stereocenters. The summed E-state index contributed by atoms with van der Waals surface area (Å²) in [5, 5.41) is 1.09. The SMILES string of the molecule is CC(C)(C)OC(=O)N1CCC(c2nc(-c3cc(C4CC4)cc(C(C)(C)C)c3)c(Cl)s2)CC1. The van der Waals surface area contributed by atoms with Gasteiger partial charge in [0.2, 0.25) is 0 Å². The van der Waals surface area contributed by atoms with Crippen molar-refractivity contribution in [3.05, 3.63) is 38.7 Å². The maximum absolute atomic E-state index is 12.4. The van der Waals surface area contributed by atoms with Crippen LogP contribution in [0.5, 0.6) is 0 Å². The monoisotopic (exact) mass is 474 g/mol. The van der Waals surface area contributed by atoms with Gasteiger partial charge in [0.05, 0.1) is 5.01 Å². The second-order valence-electron chi connectivity index (χ2n) is 11.3. The highest BCUT2D eigenvalue weighted by atomic mass is 35.5. The molecular formula is C26H35ClN2O2S. The number of ether oxygens (including phenoxy) is 1. The lowest BCUT2D eigenvalue weighted by Gasteiger charge is -2.32. The molecule has 2 aromatic rings. The normalized spacial score (nSPS) is 18.2. The number of likely N-dealkylation sites (tertiary alicyclic amines) is 1. The maximum atomic E-state index is 12.4. The van der Waals surface area contributed by atoms with Crippen LogP contribution in [0.15, 0.2) is 18.2 Å². The Bertz CT molecular complexity index is 990. The molecule has 1 amide bonds. The number of hydrogen-bond acceptors (Lipinski definition) is 4. The molecule has 0 spiro atoms.